The van der Waals surface area contributed by atoms with Crippen molar-refractivity contribution in [2.45, 2.75) is 26.8 Å². The van der Waals surface area contributed by atoms with Crippen LogP contribution in [0.4, 0.5) is 9.80 Å². The highest BCUT2D eigenvalue weighted by molar-refractivity contribution is 7.17. The summed E-state index contributed by atoms with van der Waals surface area (Å²) in [6, 6.07) is 3.05. The van der Waals surface area contributed by atoms with Crippen molar-refractivity contribution in [3.05, 3.63) is 33.7 Å². The molecule has 1 aromatic heterocycles. The van der Waals surface area contributed by atoms with E-state index in [2.05, 4.69) is 5.32 Å². The first-order chi connectivity index (χ1) is 16.4. The number of carbonyl (C=O) groups excluding carboxylic acids is 3. The molecule has 1 aromatic carbocycles. The molecule has 10 nitrogen and oxygen atoms in total. The van der Waals surface area contributed by atoms with Crippen LogP contribution in [0.3, 0.4) is 0 Å². The van der Waals surface area contributed by atoms with Gasteiger partial charge in [-0.15, -0.1) is 11.3 Å². The Labute approximate surface area is 201 Å². The first kappa shape index (κ1) is 25.2. The second-order valence-electron chi connectivity index (χ2n) is 7.17. The van der Waals surface area contributed by atoms with Crippen LogP contribution in [0.1, 0.15) is 45.0 Å². The summed E-state index contributed by atoms with van der Waals surface area (Å²) >= 11 is 1.24. The molecule has 0 unspecified atom stereocenters. The number of esters is 1. The number of carbonyl (C=O) groups is 3. The Balaban J connectivity index is 1.96. The number of amides is 2. The average molecular weight is 493 g/mol. The number of hydrogen-bond donors (Lipinski definition) is 1. The Morgan fingerprint density at radius 2 is 1.65 bits per heavy atom. The van der Waals surface area contributed by atoms with Crippen molar-refractivity contribution in [2.24, 2.45) is 0 Å². The Hall–Kier alpha value is -3.47. The van der Waals surface area contributed by atoms with Gasteiger partial charge >= 0.3 is 12.1 Å². The Kier molecular flexibility index (Phi) is 8.21. The molecule has 0 bridgehead atoms. The third-order valence-electron chi connectivity index (χ3n) is 5.22. The lowest BCUT2D eigenvalue weighted by molar-refractivity contribution is 0.0526. The number of thiophene rings is 1. The molecule has 0 radical (unpaired) electrons. The molecule has 0 spiro atoms. The van der Waals surface area contributed by atoms with Crippen molar-refractivity contribution in [1.82, 2.24) is 4.90 Å². The Morgan fingerprint density at radius 3 is 2.21 bits per heavy atom. The number of anilines is 1. The summed E-state index contributed by atoms with van der Waals surface area (Å²) < 4.78 is 26.3. The van der Waals surface area contributed by atoms with Crippen molar-refractivity contribution in [2.75, 3.05) is 46.4 Å². The molecule has 184 valence electrons. The summed E-state index contributed by atoms with van der Waals surface area (Å²) in [6.45, 7) is 4.61. The molecule has 34 heavy (non-hydrogen) atoms. The van der Waals surface area contributed by atoms with Crippen molar-refractivity contribution < 1.29 is 38.1 Å². The smallest absolute Gasteiger partial charge is 0.410 e. The van der Waals surface area contributed by atoms with Crippen LogP contribution in [0.5, 0.6) is 17.2 Å². The fraction of sp³-hybridized carbons (Fsp3) is 0.435. The normalized spacial score (nSPS) is 12.4. The van der Waals surface area contributed by atoms with Crippen molar-refractivity contribution >= 4 is 34.3 Å². The summed E-state index contributed by atoms with van der Waals surface area (Å²) in [5.74, 6) is 0.0242. The second kappa shape index (κ2) is 11.1. The zero-order chi connectivity index (χ0) is 24.8. The molecule has 3 rings (SSSR count). The molecule has 11 heteroatoms. The van der Waals surface area contributed by atoms with E-state index in [1.807, 2.05) is 0 Å². The van der Waals surface area contributed by atoms with Gasteiger partial charge in [-0.1, -0.05) is 0 Å². The third-order valence-corrected chi connectivity index (χ3v) is 6.35. The van der Waals surface area contributed by atoms with Crippen LogP contribution in [0, 0.1) is 0 Å². The fourth-order valence-electron chi connectivity index (χ4n) is 3.67. The van der Waals surface area contributed by atoms with Gasteiger partial charge in [0.2, 0.25) is 5.75 Å². The van der Waals surface area contributed by atoms with Crippen LogP contribution in [0.2, 0.25) is 0 Å². The molecule has 0 saturated carbocycles. The van der Waals surface area contributed by atoms with Gasteiger partial charge in [-0.05, 0) is 38.0 Å². The molecular formula is C23H28N2O8S. The van der Waals surface area contributed by atoms with Crippen LogP contribution in [-0.2, 0) is 22.4 Å². The van der Waals surface area contributed by atoms with E-state index in [4.69, 9.17) is 23.7 Å². The number of nitrogens with one attached hydrogen (secondary N) is 1. The lowest BCUT2D eigenvalue weighted by atomic mass is 10.0. The van der Waals surface area contributed by atoms with E-state index in [0.717, 1.165) is 10.4 Å². The number of rotatable bonds is 8. The molecule has 1 aliphatic rings. The quantitative estimate of drug-likeness (QED) is 0.555. The molecule has 0 aliphatic carbocycles. The number of methoxy groups -OCH3 is 3. The first-order valence-electron chi connectivity index (χ1n) is 10.7. The number of benzene rings is 1. The molecule has 0 fully saturated rings. The number of fused-ring (bicyclic) bond motifs is 1. The van der Waals surface area contributed by atoms with E-state index >= 15 is 0 Å². The van der Waals surface area contributed by atoms with Gasteiger partial charge in [0.05, 0.1) is 46.7 Å². The third kappa shape index (κ3) is 5.04. The predicted molar refractivity (Wildman–Crippen MR) is 125 cm³/mol. The summed E-state index contributed by atoms with van der Waals surface area (Å²) in [5.41, 5.74) is 1.33. The minimum Gasteiger partial charge on any atom is -0.493 e. The maximum absolute atomic E-state index is 13.2. The van der Waals surface area contributed by atoms with Crippen molar-refractivity contribution in [3.63, 3.8) is 0 Å². The molecular weight excluding hydrogens is 464 g/mol. The van der Waals surface area contributed by atoms with Crippen molar-refractivity contribution in [1.29, 1.82) is 0 Å². The van der Waals surface area contributed by atoms with Crippen LogP contribution >= 0.6 is 11.3 Å². The minimum absolute atomic E-state index is 0.193. The highest BCUT2D eigenvalue weighted by Crippen LogP contribution is 2.40. The van der Waals surface area contributed by atoms with Gasteiger partial charge in [-0.3, -0.25) is 4.79 Å². The van der Waals surface area contributed by atoms with Gasteiger partial charge in [0, 0.05) is 17.0 Å². The molecule has 2 amide bonds. The van der Waals surface area contributed by atoms with Crippen LogP contribution < -0.4 is 19.5 Å². The topological polar surface area (TPSA) is 113 Å². The molecule has 2 heterocycles. The van der Waals surface area contributed by atoms with E-state index in [1.54, 1.807) is 18.7 Å². The Bertz CT molecular complexity index is 1060. The summed E-state index contributed by atoms with van der Waals surface area (Å²) in [4.78, 5) is 40.5. The lowest BCUT2D eigenvalue weighted by Crippen LogP contribution is -2.36. The maximum Gasteiger partial charge on any atom is 0.410 e. The van der Waals surface area contributed by atoms with Gasteiger partial charge < -0.3 is 33.9 Å². The molecule has 2 aromatic rings. The molecule has 1 aliphatic heterocycles. The van der Waals surface area contributed by atoms with E-state index < -0.39 is 18.0 Å². The molecule has 1 N–H and O–H groups in total. The van der Waals surface area contributed by atoms with Crippen LogP contribution in [0.25, 0.3) is 0 Å². The number of hydrogen-bond acceptors (Lipinski definition) is 9. The summed E-state index contributed by atoms with van der Waals surface area (Å²) in [6.07, 6.45) is 0.0287. The van der Waals surface area contributed by atoms with Gasteiger partial charge in [0.1, 0.15) is 5.00 Å². The highest BCUT2D eigenvalue weighted by atomic mass is 32.1. The monoisotopic (exact) mass is 492 g/mol. The number of ether oxygens (including phenoxy) is 5. The minimum atomic E-state index is -0.523. The SMILES string of the molecule is CCOC(=O)c1c(NC(=O)c2cc(OC)c(OC)c(OC)c2)sc2c1CCN(C(=O)OCC)C2. The van der Waals surface area contributed by atoms with Crippen LogP contribution in [0.15, 0.2) is 12.1 Å². The van der Waals surface area contributed by atoms with E-state index in [0.29, 0.717) is 40.8 Å². The van der Waals surface area contributed by atoms with E-state index in [9.17, 15) is 14.4 Å². The van der Waals surface area contributed by atoms with Gasteiger partial charge in [0.25, 0.3) is 5.91 Å². The van der Waals surface area contributed by atoms with Gasteiger partial charge in [0.15, 0.2) is 11.5 Å². The van der Waals surface area contributed by atoms with E-state index in [-0.39, 0.29) is 25.3 Å². The van der Waals surface area contributed by atoms with Gasteiger partial charge in [-0.2, -0.15) is 0 Å². The lowest BCUT2D eigenvalue weighted by Gasteiger charge is -2.26. The Morgan fingerprint density at radius 1 is 1.00 bits per heavy atom. The predicted octanol–water partition coefficient (Wildman–Crippen LogP) is 3.72. The zero-order valence-electron chi connectivity index (χ0n) is 19.8. The molecule has 0 atom stereocenters. The maximum atomic E-state index is 13.2. The largest absolute Gasteiger partial charge is 0.493 e. The van der Waals surface area contributed by atoms with Crippen molar-refractivity contribution in [3.8, 4) is 17.2 Å². The second-order valence-corrected chi connectivity index (χ2v) is 8.27. The summed E-state index contributed by atoms with van der Waals surface area (Å²) in [5, 5.41) is 3.18. The first-order valence-corrected chi connectivity index (χ1v) is 11.5. The molecule has 0 saturated heterocycles. The summed E-state index contributed by atoms with van der Waals surface area (Å²) in [7, 11) is 4.39. The zero-order valence-corrected chi connectivity index (χ0v) is 20.6. The van der Waals surface area contributed by atoms with Gasteiger partial charge in [-0.25, -0.2) is 9.59 Å². The highest BCUT2D eigenvalue weighted by Gasteiger charge is 2.32. The van der Waals surface area contributed by atoms with E-state index in [1.165, 1.54) is 44.8 Å². The average Bonchev–Trinajstić information content (AvgIpc) is 3.20. The standard InChI is InChI=1S/C23H28N2O8S/c1-6-32-22(27)18-14-8-9-25(23(28)33-7-2)12-17(14)34-21(18)24-20(26)13-10-15(29-3)19(31-5)16(11-13)30-4/h10-11H,6-9,12H2,1-5H3,(H,24,26). The van der Waals surface area contributed by atoms with Crippen LogP contribution in [-0.4, -0.2) is 64.0 Å². The number of nitrogens with zero attached hydrogens (tertiary/aromatic N) is 1. The fourth-order valence-corrected chi connectivity index (χ4v) is 4.92.